The van der Waals surface area contributed by atoms with Gasteiger partial charge in [-0.15, -0.1) is 0 Å². The number of nitrogens with zero attached hydrogens (tertiary/aromatic N) is 2. The molecular weight excluding hydrogens is 479 g/mol. The van der Waals surface area contributed by atoms with Crippen LogP contribution in [-0.2, 0) is 30.7 Å². The highest BCUT2D eigenvalue weighted by Gasteiger charge is 2.22. The molecule has 1 aliphatic heterocycles. The van der Waals surface area contributed by atoms with Gasteiger partial charge in [-0.2, -0.15) is 0 Å². The number of methoxy groups -OCH3 is 1. The average Bonchev–Trinajstić information content (AvgIpc) is 2.96. The van der Waals surface area contributed by atoms with E-state index in [0.717, 1.165) is 17.5 Å². The van der Waals surface area contributed by atoms with Crippen LogP contribution >= 0.6 is 0 Å². The number of hydrogen-bond donors (Lipinski definition) is 0. The van der Waals surface area contributed by atoms with E-state index in [4.69, 9.17) is 4.74 Å². The maximum absolute atomic E-state index is 13.7. The van der Waals surface area contributed by atoms with Gasteiger partial charge in [0.15, 0.2) is 0 Å². The molecule has 0 atom stereocenters. The van der Waals surface area contributed by atoms with E-state index in [-0.39, 0.29) is 30.6 Å². The molecule has 192 valence electrons. The van der Waals surface area contributed by atoms with Crippen molar-refractivity contribution < 1.29 is 18.7 Å². The number of carbonyl (C=O) groups excluding carboxylic acids is 2. The van der Waals surface area contributed by atoms with Crippen LogP contribution in [0.3, 0.4) is 0 Å². The molecule has 0 fully saturated rings. The first-order chi connectivity index (χ1) is 18.5. The smallest absolute Gasteiger partial charge is 0.258 e. The predicted molar refractivity (Wildman–Crippen MR) is 146 cm³/mol. The van der Waals surface area contributed by atoms with E-state index in [2.05, 4.69) is 12.1 Å². The zero-order valence-electron chi connectivity index (χ0n) is 21.3. The molecule has 38 heavy (non-hydrogen) atoms. The number of ether oxygens (including phenoxy) is 1. The van der Waals surface area contributed by atoms with Crippen molar-refractivity contribution in [3.05, 3.63) is 131 Å². The number of carbonyl (C=O) groups is 2. The second-order valence-corrected chi connectivity index (χ2v) is 9.43. The van der Waals surface area contributed by atoms with Gasteiger partial charge in [-0.05, 0) is 71.1 Å². The van der Waals surface area contributed by atoms with Gasteiger partial charge in [0.25, 0.3) is 5.91 Å². The van der Waals surface area contributed by atoms with E-state index >= 15 is 0 Å². The number of anilines is 1. The Hall–Kier alpha value is -4.45. The van der Waals surface area contributed by atoms with Crippen molar-refractivity contribution in [2.45, 2.75) is 25.9 Å². The Labute approximate surface area is 222 Å². The van der Waals surface area contributed by atoms with E-state index < -0.39 is 0 Å². The Morgan fingerprint density at radius 1 is 0.868 bits per heavy atom. The monoisotopic (exact) mass is 508 g/mol. The zero-order chi connectivity index (χ0) is 26.5. The molecule has 0 unspecified atom stereocenters. The molecule has 5 nitrogen and oxygen atoms in total. The fraction of sp³-hybridized carbons (Fsp3) is 0.188. The minimum absolute atomic E-state index is 0.0564. The Balaban J connectivity index is 1.39. The molecule has 0 aromatic heterocycles. The van der Waals surface area contributed by atoms with Crippen molar-refractivity contribution in [3.63, 3.8) is 0 Å². The highest BCUT2D eigenvalue weighted by atomic mass is 19.1. The first-order valence-corrected chi connectivity index (χ1v) is 12.6. The summed E-state index contributed by atoms with van der Waals surface area (Å²) in [6, 6.07) is 28.8. The molecule has 6 heteroatoms. The molecule has 0 spiro atoms. The van der Waals surface area contributed by atoms with E-state index in [9.17, 15) is 14.0 Å². The zero-order valence-corrected chi connectivity index (χ0v) is 21.3. The second kappa shape index (κ2) is 11.3. The number of amides is 2. The minimum Gasteiger partial charge on any atom is -0.497 e. The summed E-state index contributed by atoms with van der Waals surface area (Å²) in [5, 5.41) is 0. The van der Waals surface area contributed by atoms with Gasteiger partial charge in [0, 0.05) is 24.3 Å². The van der Waals surface area contributed by atoms with Gasteiger partial charge in [-0.25, -0.2) is 4.39 Å². The normalized spacial score (nSPS) is 12.5. The van der Waals surface area contributed by atoms with Crippen LogP contribution < -0.4 is 9.64 Å². The highest BCUT2D eigenvalue weighted by molar-refractivity contribution is 6.06. The van der Waals surface area contributed by atoms with Crippen LogP contribution in [0, 0.1) is 5.82 Å². The van der Waals surface area contributed by atoms with E-state index in [1.165, 1.54) is 23.3 Å². The van der Waals surface area contributed by atoms with Gasteiger partial charge >= 0.3 is 0 Å². The van der Waals surface area contributed by atoms with Gasteiger partial charge < -0.3 is 14.5 Å². The van der Waals surface area contributed by atoms with E-state index in [1.54, 1.807) is 48.4 Å². The van der Waals surface area contributed by atoms with Crippen LogP contribution in [0.2, 0.25) is 0 Å². The Bertz CT molecular complexity index is 1450. The first-order valence-electron chi connectivity index (χ1n) is 12.6. The van der Waals surface area contributed by atoms with Crippen LogP contribution in [0.25, 0.3) is 0 Å². The predicted octanol–water partition coefficient (Wildman–Crippen LogP) is 5.81. The molecule has 0 radical (unpaired) electrons. The van der Waals surface area contributed by atoms with Gasteiger partial charge in [0.05, 0.1) is 20.1 Å². The number of hydrogen-bond acceptors (Lipinski definition) is 3. The SMILES string of the molecule is COc1cccc(C(=O)N(Cc2ccc(F)cc2)c2cccc(CC(=O)N3CCc4ccccc4C3)c2)c1. The molecule has 0 saturated carbocycles. The summed E-state index contributed by atoms with van der Waals surface area (Å²) in [6.07, 6.45) is 1.09. The third-order valence-corrected chi connectivity index (χ3v) is 6.88. The maximum Gasteiger partial charge on any atom is 0.258 e. The van der Waals surface area contributed by atoms with Crippen LogP contribution in [-0.4, -0.2) is 30.4 Å². The molecule has 4 aromatic carbocycles. The Morgan fingerprint density at radius 3 is 2.42 bits per heavy atom. The van der Waals surface area contributed by atoms with Crippen LogP contribution in [0.5, 0.6) is 5.75 Å². The molecule has 4 aromatic rings. The van der Waals surface area contributed by atoms with Crippen LogP contribution in [0.15, 0.2) is 97.1 Å². The van der Waals surface area contributed by atoms with E-state index in [1.807, 2.05) is 41.3 Å². The molecule has 1 aliphatic rings. The summed E-state index contributed by atoms with van der Waals surface area (Å²) in [4.78, 5) is 30.4. The van der Waals surface area contributed by atoms with Crippen molar-refractivity contribution in [1.29, 1.82) is 0 Å². The first kappa shape index (κ1) is 25.2. The number of rotatable bonds is 7. The van der Waals surface area contributed by atoms with Crippen molar-refractivity contribution >= 4 is 17.5 Å². The van der Waals surface area contributed by atoms with E-state index in [0.29, 0.717) is 30.1 Å². The molecule has 0 bridgehead atoms. The summed E-state index contributed by atoms with van der Waals surface area (Å²) in [5.74, 6) is 0.0884. The molecule has 1 heterocycles. The summed E-state index contributed by atoms with van der Waals surface area (Å²) < 4.78 is 18.8. The van der Waals surface area contributed by atoms with Gasteiger partial charge in [-0.1, -0.05) is 54.6 Å². The van der Waals surface area contributed by atoms with Crippen molar-refractivity contribution in [3.8, 4) is 5.75 Å². The van der Waals surface area contributed by atoms with Gasteiger partial charge in [0.1, 0.15) is 11.6 Å². The average molecular weight is 509 g/mol. The molecule has 0 saturated heterocycles. The molecule has 2 amide bonds. The Kier molecular flexibility index (Phi) is 7.50. The van der Waals surface area contributed by atoms with Gasteiger partial charge in [0.2, 0.25) is 5.91 Å². The second-order valence-electron chi connectivity index (χ2n) is 9.43. The Morgan fingerprint density at radius 2 is 1.63 bits per heavy atom. The summed E-state index contributed by atoms with van der Waals surface area (Å²) in [6.45, 7) is 1.55. The van der Waals surface area contributed by atoms with Crippen LogP contribution in [0.1, 0.15) is 32.6 Å². The standard InChI is InChI=1S/C32H29FN2O3/c1-38-30-11-5-9-26(20-30)32(37)35(21-23-12-14-28(33)15-13-23)29-10-4-6-24(18-29)19-31(36)34-17-16-25-7-2-3-8-27(25)22-34/h2-15,18,20H,16-17,19,21-22H2,1H3. The fourth-order valence-corrected chi connectivity index (χ4v) is 4.79. The number of fused-ring (bicyclic) bond motifs is 1. The molecular formula is C32H29FN2O3. The number of benzene rings is 4. The molecule has 0 aliphatic carbocycles. The summed E-state index contributed by atoms with van der Waals surface area (Å²) >= 11 is 0. The summed E-state index contributed by atoms with van der Waals surface area (Å²) in [5.41, 5.74) is 5.24. The topological polar surface area (TPSA) is 49.9 Å². The van der Waals surface area contributed by atoms with Crippen molar-refractivity contribution in [1.82, 2.24) is 4.90 Å². The molecule has 5 rings (SSSR count). The molecule has 0 N–H and O–H groups in total. The third-order valence-electron chi connectivity index (χ3n) is 6.88. The quantitative estimate of drug-likeness (QED) is 0.317. The highest BCUT2D eigenvalue weighted by Crippen LogP contribution is 2.25. The number of halogens is 1. The van der Waals surface area contributed by atoms with Crippen molar-refractivity contribution in [2.24, 2.45) is 0 Å². The largest absolute Gasteiger partial charge is 0.497 e. The maximum atomic E-state index is 13.7. The lowest BCUT2D eigenvalue weighted by molar-refractivity contribution is -0.131. The van der Waals surface area contributed by atoms with Crippen LogP contribution in [0.4, 0.5) is 10.1 Å². The third kappa shape index (κ3) is 5.75. The lowest BCUT2D eigenvalue weighted by Gasteiger charge is -2.29. The fourth-order valence-electron chi connectivity index (χ4n) is 4.79. The lowest BCUT2D eigenvalue weighted by Crippen LogP contribution is -2.37. The lowest BCUT2D eigenvalue weighted by atomic mass is 9.99. The van der Waals surface area contributed by atoms with Gasteiger partial charge in [-0.3, -0.25) is 9.59 Å². The van der Waals surface area contributed by atoms with Crippen molar-refractivity contribution in [2.75, 3.05) is 18.6 Å². The summed E-state index contributed by atoms with van der Waals surface area (Å²) in [7, 11) is 1.56. The minimum atomic E-state index is -0.333.